The SMILES string of the molecule is Fc1cc(CN2CCNCC2c2cccnc2)cc(C(F)(F)F)c1. The summed E-state index contributed by atoms with van der Waals surface area (Å²) >= 11 is 0. The number of halogens is 4. The predicted molar refractivity (Wildman–Crippen MR) is 81.7 cm³/mol. The van der Waals surface area contributed by atoms with Gasteiger partial charge in [0.2, 0.25) is 0 Å². The van der Waals surface area contributed by atoms with Crippen LogP contribution in [0.4, 0.5) is 17.6 Å². The molecule has 128 valence electrons. The summed E-state index contributed by atoms with van der Waals surface area (Å²) in [6.45, 7) is 2.32. The van der Waals surface area contributed by atoms with Gasteiger partial charge in [-0.15, -0.1) is 0 Å². The van der Waals surface area contributed by atoms with Crippen molar-refractivity contribution in [3.05, 3.63) is 65.2 Å². The lowest BCUT2D eigenvalue weighted by Crippen LogP contribution is -2.45. The number of hydrogen-bond donors (Lipinski definition) is 1. The van der Waals surface area contributed by atoms with Gasteiger partial charge in [-0.05, 0) is 35.4 Å². The molecule has 2 aromatic rings. The van der Waals surface area contributed by atoms with Crippen molar-refractivity contribution >= 4 is 0 Å². The first-order chi connectivity index (χ1) is 11.4. The van der Waals surface area contributed by atoms with Crippen molar-refractivity contribution in [2.75, 3.05) is 19.6 Å². The van der Waals surface area contributed by atoms with Crippen LogP contribution in [0.5, 0.6) is 0 Å². The summed E-state index contributed by atoms with van der Waals surface area (Å²) in [5.74, 6) is -0.868. The molecule has 1 saturated heterocycles. The third-order valence-corrected chi connectivity index (χ3v) is 4.09. The minimum Gasteiger partial charge on any atom is -0.314 e. The van der Waals surface area contributed by atoms with E-state index in [0.29, 0.717) is 24.7 Å². The van der Waals surface area contributed by atoms with Gasteiger partial charge in [0.15, 0.2) is 0 Å². The van der Waals surface area contributed by atoms with Crippen molar-refractivity contribution in [3.8, 4) is 0 Å². The molecule has 0 saturated carbocycles. The molecule has 1 unspecified atom stereocenters. The van der Waals surface area contributed by atoms with Gasteiger partial charge in [0.05, 0.1) is 5.56 Å². The molecule has 7 heteroatoms. The lowest BCUT2D eigenvalue weighted by Gasteiger charge is -2.36. The minimum atomic E-state index is -4.55. The zero-order valence-electron chi connectivity index (χ0n) is 12.9. The van der Waals surface area contributed by atoms with E-state index >= 15 is 0 Å². The van der Waals surface area contributed by atoms with Gasteiger partial charge < -0.3 is 5.32 Å². The molecule has 0 spiro atoms. The largest absolute Gasteiger partial charge is 0.416 e. The summed E-state index contributed by atoms with van der Waals surface area (Å²) in [5, 5.41) is 3.27. The van der Waals surface area contributed by atoms with Gasteiger partial charge in [0.1, 0.15) is 5.82 Å². The van der Waals surface area contributed by atoms with E-state index in [9.17, 15) is 17.6 Å². The summed E-state index contributed by atoms with van der Waals surface area (Å²) in [6.07, 6.45) is -1.13. The molecule has 2 heterocycles. The average molecular weight is 339 g/mol. The Balaban J connectivity index is 1.85. The molecular formula is C17H17F4N3. The summed E-state index contributed by atoms with van der Waals surface area (Å²) in [7, 11) is 0. The van der Waals surface area contributed by atoms with Crippen LogP contribution in [-0.4, -0.2) is 29.5 Å². The van der Waals surface area contributed by atoms with Crippen molar-refractivity contribution in [3.63, 3.8) is 0 Å². The first kappa shape index (κ1) is 16.9. The van der Waals surface area contributed by atoms with E-state index in [2.05, 4.69) is 10.3 Å². The highest BCUT2D eigenvalue weighted by Crippen LogP contribution is 2.31. The molecule has 0 bridgehead atoms. The van der Waals surface area contributed by atoms with Gasteiger partial charge in [0, 0.05) is 44.6 Å². The third kappa shape index (κ3) is 3.91. The zero-order valence-corrected chi connectivity index (χ0v) is 12.9. The Morgan fingerprint density at radius 1 is 1.25 bits per heavy atom. The maximum atomic E-state index is 13.6. The van der Waals surface area contributed by atoms with Crippen LogP contribution in [0.2, 0.25) is 0 Å². The maximum absolute atomic E-state index is 13.6. The van der Waals surface area contributed by atoms with Crippen LogP contribution < -0.4 is 5.32 Å². The fourth-order valence-corrected chi connectivity index (χ4v) is 2.98. The Morgan fingerprint density at radius 2 is 2.08 bits per heavy atom. The number of aromatic nitrogens is 1. The Bertz CT molecular complexity index is 688. The average Bonchev–Trinajstić information content (AvgIpc) is 2.55. The van der Waals surface area contributed by atoms with E-state index in [0.717, 1.165) is 24.2 Å². The van der Waals surface area contributed by atoms with Crippen molar-refractivity contribution < 1.29 is 17.6 Å². The minimum absolute atomic E-state index is 0.00921. The number of nitrogens with zero attached hydrogens (tertiary/aromatic N) is 2. The Morgan fingerprint density at radius 3 is 2.79 bits per heavy atom. The highest BCUT2D eigenvalue weighted by atomic mass is 19.4. The highest BCUT2D eigenvalue weighted by Gasteiger charge is 2.32. The van der Waals surface area contributed by atoms with Crippen molar-refractivity contribution in [1.82, 2.24) is 15.2 Å². The van der Waals surface area contributed by atoms with E-state index in [-0.39, 0.29) is 12.6 Å². The lowest BCUT2D eigenvalue weighted by molar-refractivity contribution is -0.137. The molecule has 1 fully saturated rings. The van der Waals surface area contributed by atoms with Crippen LogP contribution in [0.1, 0.15) is 22.7 Å². The lowest BCUT2D eigenvalue weighted by atomic mass is 10.0. The summed E-state index contributed by atoms with van der Waals surface area (Å²) in [6, 6.07) is 6.46. The Kier molecular flexibility index (Phi) is 4.82. The standard InChI is InChI=1S/C17H17F4N3/c18-15-7-12(6-14(8-15)17(19,20)21)11-24-5-4-23-10-16(24)13-2-1-3-22-9-13/h1-3,6-9,16,23H,4-5,10-11H2. The van der Waals surface area contributed by atoms with Crippen LogP contribution in [0.15, 0.2) is 42.7 Å². The molecule has 1 aliphatic heterocycles. The van der Waals surface area contributed by atoms with Gasteiger partial charge >= 0.3 is 6.18 Å². The number of hydrogen-bond acceptors (Lipinski definition) is 3. The van der Waals surface area contributed by atoms with Gasteiger partial charge in [-0.3, -0.25) is 9.88 Å². The second-order valence-electron chi connectivity index (χ2n) is 5.82. The third-order valence-electron chi connectivity index (χ3n) is 4.09. The number of benzene rings is 1. The normalized spacial score (nSPS) is 19.4. The van der Waals surface area contributed by atoms with E-state index < -0.39 is 17.6 Å². The topological polar surface area (TPSA) is 28.2 Å². The second-order valence-corrected chi connectivity index (χ2v) is 5.82. The molecule has 0 amide bonds. The summed E-state index contributed by atoms with van der Waals surface area (Å²) < 4.78 is 52.2. The number of piperazine rings is 1. The summed E-state index contributed by atoms with van der Waals surface area (Å²) in [4.78, 5) is 6.14. The molecule has 0 radical (unpaired) electrons. The monoisotopic (exact) mass is 339 g/mol. The second kappa shape index (κ2) is 6.86. The molecular weight excluding hydrogens is 322 g/mol. The van der Waals surface area contributed by atoms with Gasteiger partial charge in [0.25, 0.3) is 0 Å². The van der Waals surface area contributed by atoms with Crippen molar-refractivity contribution in [2.24, 2.45) is 0 Å². The first-order valence-corrected chi connectivity index (χ1v) is 7.65. The number of pyridine rings is 1. The Hall–Kier alpha value is -1.99. The van der Waals surface area contributed by atoms with Crippen LogP contribution >= 0.6 is 0 Å². The quantitative estimate of drug-likeness (QED) is 0.869. The van der Waals surface area contributed by atoms with E-state index in [1.165, 1.54) is 0 Å². The molecule has 24 heavy (non-hydrogen) atoms. The van der Waals surface area contributed by atoms with E-state index in [1.54, 1.807) is 12.4 Å². The van der Waals surface area contributed by atoms with Crippen LogP contribution in [-0.2, 0) is 12.7 Å². The molecule has 3 nitrogen and oxygen atoms in total. The number of alkyl halides is 3. The van der Waals surface area contributed by atoms with E-state index in [4.69, 9.17) is 0 Å². The van der Waals surface area contributed by atoms with Crippen LogP contribution in [0.3, 0.4) is 0 Å². The van der Waals surface area contributed by atoms with Crippen LogP contribution in [0.25, 0.3) is 0 Å². The fraction of sp³-hybridized carbons (Fsp3) is 0.353. The maximum Gasteiger partial charge on any atom is 0.416 e. The Labute approximate surface area is 137 Å². The van der Waals surface area contributed by atoms with Gasteiger partial charge in [-0.2, -0.15) is 13.2 Å². The predicted octanol–water partition coefficient (Wildman–Crippen LogP) is 3.39. The summed E-state index contributed by atoms with van der Waals surface area (Å²) in [5.41, 5.74) is 0.348. The zero-order chi connectivity index (χ0) is 17.2. The smallest absolute Gasteiger partial charge is 0.314 e. The van der Waals surface area contributed by atoms with Gasteiger partial charge in [-0.25, -0.2) is 4.39 Å². The molecule has 1 N–H and O–H groups in total. The van der Waals surface area contributed by atoms with Crippen molar-refractivity contribution in [2.45, 2.75) is 18.8 Å². The molecule has 3 rings (SSSR count). The molecule has 0 aliphatic carbocycles. The van der Waals surface area contributed by atoms with E-state index in [1.807, 2.05) is 17.0 Å². The molecule has 1 aromatic carbocycles. The highest BCUT2D eigenvalue weighted by molar-refractivity contribution is 5.27. The first-order valence-electron chi connectivity index (χ1n) is 7.65. The fourth-order valence-electron chi connectivity index (χ4n) is 2.98. The van der Waals surface area contributed by atoms with Crippen LogP contribution in [0, 0.1) is 5.82 Å². The van der Waals surface area contributed by atoms with Gasteiger partial charge in [-0.1, -0.05) is 6.07 Å². The molecule has 1 aromatic heterocycles. The van der Waals surface area contributed by atoms with Crippen molar-refractivity contribution in [1.29, 1.82) is 0 Å². The molecule has 1 aliphatic rings. The number of rotatable bonds is 3. The molecule has 1 atom stereocenters. The number of nitrogens with one attached hydrogen (secondary N) is 1.